The fourth-order valence-electron chi connectivity index (χ4n) is 3.88. The molecule has 1 heterocycles. The molecule has 1 N–H and O–H groups in total. The molecule has 1 aliphatic heterocycles. The van der Waals surface area contributed by atoms with Crippen molar-refractivity contribution in [3.8, 4) is 0 Å². The zero-order valence-corrected chi connectivity index (χ0v) is 12.9. The zero-order chi connectivity index (χ0) is 13.3. The van der Waals surface area contributed by atoms with E-state index in [0.29, 0.717) is 6.04 Å². The number of piperazine rings is 1. The van der Waals surface area contributed by atoms with Gasteiger partial charge in [0.1, 0.15) is 0 Å². The van der Waals surface area contributed by atoms with Crippen LogP contribution in [0.25, 0.3) is 0 Å². The molecule has 2 fully saturated rings. The molecule has 1 saturated carbocycles. The standard InChI is InChI=1S/C16H32N2/c1-6-14-9-17-15(11(2)3)10-18(14)16-8-7-12(4)13(16)5/h11-17H,6-10H2,1-5H3. The molecule has 0 radical (unpaired) electrons. The molecular weight excluding hydrogens is 220 g/mol. The van der Waals surface area contributed by atoms with Crippen molar-refractivity contribution in [3.63, 3.8) is 0 Å². The average Bonchev–Trinajstić information content (AvgIpc) is 2.69. The summed E-state index contributed by atoms with van der Waals surface area (Å²) in [7, 11) is 0. The summed E-state index contributed by atoms with van der Waals surface area (Å²) in [6, 6.07) is 2.29. The van der Waals surface area contributed by atoms with Crippen molar-refractivity contribution in [1.82, 2.24) is 10.2 Å². The van der Waals surface area contributed by atoms with Gasteiger partial charge < -0.3 is 5.32 Å². The average molecular weight is 252 g/mol. The van der Waals surface area contributed by atoms with E-state index in [9.17, 15) is 0 Å². The van der Waals surface area contributed by atoms with Gasteiger partial charge >= 0.3 is 0 Å². The highest BCUT2D eigenvalue weighted by molar-refractivity contribution is 4.95. The molecule has 2 nitrogen and oxygen atoms in total. The van der Waals surface area contributed by atoms with Crippen LogP contribution in [0.3, 0.4) is 0 Å². The number of nitrogens with zero attached hydrogens (tertiary/aromatic N) is 1. The van der Waals surface area contributed by atoms with Crippen molar-refractivity contribution in [2.45, 2.75) is 72.0 Å². The summed E-state index contributed by atoms with van der Waals surface area (Å²) in [6.07, 6.45) is 4.14. The van der Waals surface area contributed by atoms with Gasteiger partial charge in [-0.2, -0.15) is 0 Å². The Morgan fingerprint density at radius 3 is 2.44 bits per heavy atom. The first kappa shape index (κ1) is 14.3. The second kappa shape index (κ2) is 5.92. The van der Waals surface area contributed by atoms with Gasteiger partial charge in [-0.3, -0.25) is 4.90 Å². The molecule has 2 heteroatoms. The second-order valence-corrected chi connectivity index (χ2v) is 7.00. The molecule has 5 unspecified atom stereocenters. The minimum Gasteiger partial charge on any atom is -0.311 e. The SMILES string of the molecule is CCC1CNC(C(C)C)CN1C1CCC(C)C1C. The van der Waals surface area contributed by atoms with Crippen molar-refractivity contribution in [1.29, 1.82) is 0 Å². The fraction of sp³-hybridized carbons (Fsp3) is 1.00. The maximum absolute atomic E-state index is 3.76. The quantitative estimate of drug-likeness (QED) is 0.830. The Balaban J connectivity index is 2.06. The molecule has 0 amide bonds. The molecule has 2 aliphatic rings. The molecule has 0 aromatic rings. The third-order valence-corrected chi connectivity index (χ3v) is 5.62. The lowest BCUT2D eigenvalue weighted by Gasteiger charge is -2.46. The lowest BCUT2D eigenvalue weighted by molar-refractivity contribution is 0.0490. The summed E-state index contributed by atoms with van der Waals surface area (Å²) in [5.74, 6) is 2.55. The van der Waals surface area contributed by atoms with Crippen molar-refractivity contribution in [3.05, 3.63) is 0 Å². The molecule has 0 aromatic carbocycles. The highest BCUT2D eigenvalue weighted by Gasteiger charge is 2.39. The molecular formula is C16H32N2. The molecule has 106 valence electrons. The highest BCUT2D eigenvalue weighted by Crippen LogP contribution is 2.36. The van der Waals surface area contributed by atoms with Crippen molar-refractivity contribution >= 4 is 0 Å². The van der Waals surface area contributed by atoms with Crippen molar-refractivity contribution in [2.75, 3.05) is 13.1 Å². The van der Waals surface area contributed by atoms with E-state index in [0.717, 1.165) is 29.8 Å². The molecule has 1 aliphatic carbocycles. The van der Waals surface area contributed by atoms with Gasteiger partial charge in [-0.25, -0.2) is 0 Å². The number of nitrogens with one attached hydrogen (secondary N) is 1. The summed E-state index contributed by atoms with van der Waals surface area (Å²) < 4.78 is 0. The first-order valence-corrected chi connectivity index (χ1v) is 8.03. The van der Waals surface area contributed by atoms with E-state index in [-0.39, 0.29) is 0 Å². The van der Waals surface area contributed by atoms with Gasteiger partial charge in [0.15, 0.2) is 0 Å². The minimum atomic E-state index is 0.691. The smallest absolute Gasteiger partial charge is 0.0221 e. The molecule has 5 atom stereocenters. The van der Waals surface area contributed by atoms with Gasteiger partial charge in [0.25, 0.3) is 0 Å². The predicted molar refractivity (Wildman–Crippen MR) is 78.8 cm³/mol. The molecule has 1 saturated heterocycles. The summed E-state index contributed by atoms with van der Waals surface area (Å²) >= 11 is 0. The lowest BCUT2D eigenvalue weighted by Crippen LogP contribution is -2.61. The first-order chi connectivity index (χ1) is 8.54. The van der Waals surface area contributed by atoms with Gasteiger partial charge in [0.2, 0.25) is 0 Å². The topological polar surface area (TPSA) is 15.3 Å². The summed E-state index contributed by atoms with van der Waals surface area (Å²) in [5, 5.41) is 3.76. The van der Waals surface area contributed by atoms with Crippen LogP contribution >= 0.6 is 0 Å². The highest BCUT2D eigenvalue weighted by atomic mass is 15.3. The van der Waals surface area contributed by atoms with Crippen LogP contribution in [0.1, 0.15) is 53.9 Å². The van der Waals surface area contributed by atoms with Crippen LogP contribution in [0, 0.1) is 17.8 Å². The predicted octanol–water partition coefficient (Wildman–Crippen LogP) is 3.13. The van der Waals surface area contributed by atoms with Crippen LogP contribution in [0.5, 0.6) is 0 Å². The molecule has 18 heavy (non-hydrogen) atoms. The summed E-state index contributed by atoms with van der Waals surface area (Å²) in [5.41, 5.74) is 0. The van der Waals surface area contributed by atoms with Gasteiger partial charge in [0, 0.05) is 31.2 Å². The monoisotopic (exact) mass is 252 g/mol. The fourth-order valence-corrected chi connectivity index (χ4v) is 3.88. The van der Waals surface area contributed by atoms with E-state index < -0.39 is 0 Å². The first-order valence-electron chi connectivity index (χ1n) is 8.03. The van der Waals surface area contributed by atoms with Crippen LogP contribution in [0.2, 0.25) is 0 Å². The minimum absolute atomic E-state index is 0.691. The Labute approximate surface area is 114 Å². The normalized spacial score (nSPS) is 42.7. The Bertz CT molecular complexity index is 264. The van der Waals surface area contributed by atoms with Crippen LogP contribution in [-0.2, 0) is 0 Å². The number of hydrogen-bond acceptors (Lipinski definition) is 2. The third-order valence-electron chi connectivity index (χ3n) is 5.62. The maximum Gasteiger partial charge on any atom is 0.0221 e. The van der Waals surface area contributed by atoms with E-state index in [1.165, 1.54) is 32.4 Å². The van der Waals surface area contributed by atoms with Crippen LogP contribution in [0.4, 0.5) is 0 Å². The van der Waals surface area contributed by atoms with Gasteiger partial charge in [-0.05, 0) is 37.0 Å². The van der Waals surface area contributed by atoms with E-state index in [1.807, 2.05) is 0 Å². The molecule has 0 bridgehead atoms. The molecule has 0 aromatic heterocycles. The van der Waals surface area contributed by atoms with Gasteiger partial charge in [0.05, 0.1) is 0 Å². The Hall–Kier alpha value is -0.0800. The second-order valence-electron chi connectivity index (χ2n) is 7.00. The molecule has 2 rings (SSSR count). The Kier molecular flexibility index (Phi) is 4.71. The van der Waals surface area contributed by atoms with Crippen LogP contribution in [0.15, 0.2) is 0 Å². The van der Waals surface area contributed by atoms with Gasteiger partial charge in [-0.1, -0.05) is 34.6 Å². The van der Waals surface area contributed by atoms with Crippen LogP contribution < -0.4 is 5.32 Å². The zero-order valence-electron chi connectivity index (χ0n) is 12.9. The Morgan fingerprint density at radius 2 is 1.94 bits per heavy atom. The molecule has 0 spiro atoms. The van der Waals surface area contributed by atoms with E-state index in [1.54, 1.807) is 0 Å². The maximum atomic E-state index is 3.76. The summed E-state index contributed by atoms with van der Waals surface area (Å²) in [6.45, 7) is 14.4. The largest absolute Gasteiger partial charge is 0.311 e. The number of hydrogen-bond donors (Lipinski definition) is 1. The van der Waals surface area contributed by atoms with E-state index in [4.69, 9.17) is 0 Å². The summed E-state index contributed by atoms with van der Waals surface area (Å²) in [4.78, 5) is 2.86. The van der Waals surface area contributed by atoms with E-state index in [2.05, 4.69) is 44.8 Å². The Morgan fingerprint density at radius 1 is 1.22 bits per heavy atom. The lowest BCUT2D eigenvalue weighted by atomic mass is 9.92. The van der Waals surface area contributed by atoms with Crippen molar-refractivity contribution in [2.24, 2.45) is 17.8 Å². The number of rotatable bonds is 3. The van der Waals surface area contributed by atoms with Gasteiger partial charge in [-0.15, -0.1) is 0 Å². The van der Waals surface area contributed by atoms with E-state index >= 15 is 0 Å². The third kappa shape index (κ3) is 2.75. The van der Waals surface area contributed by atoms with Crippen LogP contribution in [-0.4, -0.2) is 36.1 Å². The van der Waals surface area contributed by atoms with Crippen molar-refractivity contribution < 1.29 is 0 Å².